The second-order valence-corrected chi connectivity index (χ2v) is 5.78. The van der Waals surface area contributed by atoms with Gasteiger partial charge in [0, 0.05) is 27.8 Å². The summed E-state index contributed by atoms with van der Waals surface area (Å²) in [5, 5.41) is 2.67. The third-order valence-electron chi connectivity index (χ3n) is 4.53. The lowest BCUT2D eigenvalue weighted by Crippen LogP contribution is -2.14. The second-order valence-electron chi connectivity index (χ2n) is 5.78. The van der Waals surface area contributed by atoms with Crippen molar-refractivity contribution in [2.45, 2.75) is 26.8 Å². The minimum absolute atomic E-state index is 0. The Morgan fingerprint density at radius 1 is 0.905 bits per heavy atom. The molecule has 0 aliphatic carbocycles. The highest BCUT2D eigenvalue weighted by Gasteiger charge is 2.19. The molecule has 0 aliphatic heterocycles. The van der Waals surface area contributed by atoms with Gasteiger partial charge in [-0.25, -0.2) is 0 Å². The van der Waals surface area contributed by atoms with Gasteiger partial charge in [0.25, 0.3) is 0 Å². The molecule has 0 fully saturated rings. The van der Waals surface area contributed by atoms with Crippen molar-refractivity contribution in [2.24, 2.45) is 5.92 Å². The lowest BCUT2D eigenvalue weighted by molar-refractivity contribution is 0.448. The predicted octanol–water partition coefficient (Wildman–Crippen LogP) is 6.15. The Bertz CT molecular complexity index is 731. The van der Waals surface area contributed by atoms with E-state index in [4.69, 9.17) is 0 Å². The van der Waals surface area contributed by atoms with E-state index >= 15 is 0 Å². The van der Waals surface area contributed by atoms with E-state index in [1.165, 1.54) is 27.4 Å². The van der Waals surface area contributed by atoms with E-state index in [9.17, 15) is 0 Å². The number of benzene rings is 2. The maximum absolute atomic E-state index is 4.13. The number of para-hydroxylation sites is 2. The smallest absolute Gasteiger partial charge is 0.0494 e. The molecule has 21 heavy (non-hydrogen) atoms. The molecular weight excluding hydrogens is 322 g/mol. The van der Waals surface area contributed by atoms with E-state index in [0.717, 1.165) is 0 Å². The zero-order chi connectivity index (χ0) is 14.3. The largest absolute Gasteiger partial charge is 0.337 e. The van der Waals surface area contributed by atoms with Crippen molar-refractivity contribution in [3.63, 3.8) is 0 Å². The van der Waals surface area contributed by atoms with Gasteiger partial charge in [-0.1, -0.05) is 55.5 Å². The van der Waals surface area contributed by atoms with Gasteiger partial charge in [-0.15, -0.1) is 17.0 Å². The fourth-order valence-electron chi connectivity index (χ4n) is 3.03. The Balaban J connectivity index is 0.00000161. The van der Waals surface area contributed by atoms with Gasteiger partial charge in [0.1, 0.15) is 0 Å². The van der Waals surface area contributed by atoms with Crippen molar-refractivity contribution in [2.75, 3.05) is 0 Å². The molecule has 2 atom stereocenters. The second kappa shape index (κ2) is 6.07. The highest BCUT2D eigenvalue weighted by Crippen LogP contribution is 2.35. The van der Waals surface area contributed by atoms with Crippen molar-refractivity contribution in [3.05, 3.63) is 60.7 Å². The maximum atomic E-state index is 4.13. The number of hydrogen-bond donors (Lipinski definition) is 0. The monoisotopic (exact) mass is 343 g/mol. The minimum atomic E-state index is 0. The molecule has 2 aromatic carbocycles. The minimum Gasteiger partial charge on any atom is -0.337 e. The predicted molar refractivity (Wildman–Crippen MR) is 98.5 cm³/mol. The van der Waals surface area contributed by atoms with Gasteiger partial charge < -0.3 is 4.57 Å². The maximum Gasteiger partial charge on any atom is 0.0494 e. The van der Waals surface area contributed by atoms with Gasteiger partial charge >= 0.3 is 0 Å². The zero-order valence-corrected chi connectivity index (χ0v) is 14.5. The average molecular weight is 344 g/mol. The van der Waals surface area contributed by atoms with Crippen LogP contribution in [-0.4, -0.2) is 4.57 Å². The van der Waals surface area contributed by atoms with Crippen molar-refractivity contribution in [1.82, 2.24) is 4.57 Å². The first-order valence-electron chi connectivity index (χ1n) is 7.24. The molecule has 1 nitrogen and oxygen atoms in total. The van der Waals surface area contributed by atoms with Crippen molar-refractivity contribution in [1.29, 1.82) is 0 Å². The summed E-state index contributed by atoms with van der Waals surface area (Å²) >= 11 is 0. The summed E-state index contributed by atoms with van der Waals surface area (Å²) in [5.74, 6) is 0.453. The molecule has 1 aromatic heterocycles. The van der Waals surface area contributed by atoms with Crippen LogP contribution in [0.15, 0.2) is 60.7 Å². The third-order valence-corrected chi connectivity index (χ3v) is 4.53. The van der Waals surface area contributed by atoms with E-state index in [1.807, 2.05) is 0 Å². The summed E-state index contributed by atoms with van der Waals surface area (Å²) in [6, 6.07) is 17.7. The molecule has 110 valence electrons. The van der Waals surface area contributed by atoms with E-state index in [0.29, 0.717) is 12.0 Å². The van der Waals surface area contributed by atoms with Crippen molar-refractivity contribution < 1.29 is 0 Å². The topological polar surface area (TPSA) is 4.93 Å². The van der Waals surface area contributed by atoms with Crippen LogP contribution in [0.25, 0.3) is 21.8 Å². The highest BCUT2D eigenvalue weighted by molar-refractivity contribution is 8.93. The number of halogens is 1. The summed E-state index contributed by atoms with van der Waals surface area (Å²) in [4.78, 5) is 0. The molecular formula is C19H22BrN. The van der Waals surface area contributed by atoms with E-state index in [1.54, 1.807) is 0 Å². The van der Waals surface area contributed by atoms with Gasteiger partial charge in [-0.3, -0.25) is 0 Å². The van der Waals surface area contributed by atoms with Gasteiger partial charge in [0.05, 0.1) is 0 Å². The molecule has 0 saturated carbocycles. The van der Waals surface area contributed by atoms with Crippen LogP contribution in [0.1, 0.15) is 26.8 Å². The number of nitrogens with zero attached hydrogens (tertiary/aromatic N) is 1. The molecule has 0 saturated heterocycles. The van der Waals surface area contributed by atoms with Crippen LogP contribution in [-0.2, 0) is 0 Å². The summed E-state index contributed by atoms with van der Waals surface area (Å²) in [6.45, 7) is 10.8. The molecule has 0 radical (unpaired) electrons. The summed E-state index contributed by atoms with van der Waals surface area (Å²) in [6.07, 6.45) is 0. The summed E-state index contributed by atoms with van der Waals surface area (Å²) in [7, 11) is 0. The number of rotatable bonds is 3. The fraction of sp³-hybridized carbons (Fsp3) is 0.263. The lowest BCUT2D eigenvalue weighted by Gasteiger charge is -2.24. The first-order valence-corrected chi connectivity index (χ1v) is 7.24. The molecule has 0 bridgehead atoms. The molecule has 3 rings (SSSR count). The SMILES string of the molecule is Br.C=C(C)C(C)C(C)n1c2ccccc2c2ccccc21. The standard InChI is InChI=1S/C19H21N.BrH/c1-13(2)14(3)15(4)20-18-11-7-5-9-16(18)17-10-6-8-12-19(17)20;/h5-12,14-15H,1H2,2-4H3;1H. The van der Waals surface area contributed by atoms with E-state index < -0.39 is 0 Å². The van der Waals surface area contributed by atoms with Crippen LogP contribution < -0.4 is 0 Å². The van der Waals surface area contributed by atoms with Gasteiger partial charge in [0.15, 0.2) is 0 Å². The number of aromatic nitrogens is 1. The molecule has 3 aromatic rings. The van der Waals surface area contributed by atoms with Crippen LogP contribution >= 0.6 is 17.0 Å². The van der Waals surface area contributed by atoms with Gasteiger partial charge in [-0.2, -0.15) is 0 Å². The quantitative estimate of drug-likeness (QED) is 0.503. The van der Waals surface area contributed by atoms with E-state index in [2.05, 4.69) is 80.4 Å². The van der Waals surface area contributed by atoms with Crippen LogP contribution in [0.5, 0.6) is 0 Å². The molecule has 0 spiro atoms. The molecule has 0 N–H and O–H groups in total. The zero-order valence-electron chi connectivity index (χ0n) is 12.8. The molecule has 0 aliphatic rings. The van der Waals surface area contributed by atoms with Crippen LogP contribution in [0, 0.1) is 5.92 Å². The van der Waals surface area contributed by atoms with Crippen LogP contribution in [0.4, 0.5) is 0 Å². The first kappa shape index (κ1) is 15.8. The van der Waals surface area contributed by atoms with Gasteiger partial charge in [0.2, 0.25) is 0 Å². The number of allylic oxidation sites excluding steroid dienone is 1. The molecule has 2 unspecified atom stereocenters. The Kier molecular flexibility index (Phi) is 4.58. The third kappa shape index (κ3) is 2.53. The Morgan fingerprint density at radius 2 is 1.33 bits per heavy atom. The lowest BCUT2D eigenvalue weighted by atomic mass is 9.96. The van der Waals surface area contributed by atoms with Crippen LogP contribution in [0.2, 0.25) is 0 Å². The normalized spacial score (nSPS) is 13.9. The first-order chi connectivity index (χ1) is 9.61. The van der Waals surface area contributed by atoms with Crippen molar-refractivity contribution in [3.8, 4) is 0 Å². The Hall–Kier alpha value is -1.54. The summed E-state index contributed by atoms with van der Waals surface area (Å²) < 4.78 is 2.46. The van der Waals surface area contributed by atoms with E-state index in [-0.39, 0.29) is 17.0 Å². The summed E-state index contributed by atoms with van der Waals surface area (Å²) in [5.41, 5.74) is 3.86. The molecule has 1 heterocycles. The highest BCUT2D eigenvalue weighted by atomic mass is 79.9. The number of hydrogen-bond acceptors (Lipinski definition) is 0. The average Bonchev–Trinajstić information content (AvgIpc) is 2.80. The Morgan fingerprint density at radius 3 is 1.76 bits per heavy atom. The van der Waals surface area contributed by atoms with Crippen molar-refractivity contribution >= 4 is 38.8 Å². The Labute approximate surface area is 137 Å². The van der Waals surface area contributed by atoms with Crippen LogP contribution in [0.3, 0.4) is 0 Å². The molecule has 2 heteroatoms. The molecule has 0 amide bonds. The van der Waals surface area contributed by atoms with Gasteiger partial charge in [-0.05, 0) is 31.9 Å². The number of fused-ring (bicyclic) bond motifs is 3. The fourth-order valence-corrected chi connectivity index (χ4v) is 3.03.